The van der Waals surface area contributed by atoms with Crippen molar-refractivity contribution in [2.45, 2.75) is 13.1 Å². The largest absolute Gasteiger partial charge is 0.369 e. The molecule has 0 atom stereocenters. The SMILES string of the molecule is C=CC(=O)Nc1ccccc1CN1Cc2cnc(Nc3ccc(N4CCN(C)CC4)cc3)nc2N(C)S1(=O)=O. The van der Waals surface area contributed by atoms with Crippen molar-refractivity contribution in [3.05, 3.63) is 78.5 Å². The first-order valence-electron chi connectivity index (χ1n) is 12.7. The molecular formula is C27H32N8O3S. The van der Waals surface area contributed by atoms with Crippen LogP contribution >= 0.6 is 0 Å². The summed E-state index contributed by atoms with van der Waals surface area (Å²) in [5, 5.41) is 5.92. The molecule has 0 radical (unpaired) electrons. The molecule has 1 saturated heterocycles. The van der Waals surface area contributed by atoms with Crippen molar-refractivity contribution < 1.29 is 13.2 Å². The summed E-state index contributed by atoms with van der Waals surface area (Å²) < 4.78 is 29.3. The number of fused-ring (bicyclic) bond motifs is 1. The number of nitrogens with one attached hydrogen (secondary N) is 2. The fourth-order valence-electron chi connectivity index (χ4n) is 4.64. The Hall–Kier alpha value is -4.00. The van der Waals surface area contributed by atoms with Crippen molar-refractivity contribution in [3.8, 4) is 0 Å². The lowest BCUT2D eigenvalue weighted by Gasteiger charge is -2.34. The Balaban J connectivity index is 1.31. The summed E-state index contributed by atoms with van der Waals surface area (Å²) in [7, 11) is -0.256. The Bertz CT molecular complexity index is 1470. The van der Waals surface area contributed by atoms with E-state index in [1.807, 2.05) is 12.1 Å². The molecule has 0 saturated carbocycles. The molecule has 11 nitrogen and oxygen atoms in total. The Labute approximate surface area is 228 Å². The van der Waals surface area contributed by atoms with E-state index in [0.717, 1.165) is 37.6 Å². The van der Waals surface area contributed by atoms with Gasteiger partial charge in [0.2, 0.25) is 11.9 Å². The van der Waals surface area contributed by atoms with Gasteiger partial charge in [-0.3, -0.25) is 4.79 Å². The van der Waals surface area contributed by atoms with Crippen LogP contribution in [0.15, 0.2) is 67.4 Å². The van der Waals surface area contributed by atoms with Crippen molar-refractivity contribution in [1.82, 2.24) is 19.2 Å². The van der Waals surface area contributed by atoms with E-state index in [2.05, 4.69) is 56.2 Å². The van der Waals surface area contributed by atoms with Crippen LogP contribution in [0.3, 0.4) is 0 Å². The number of anilines is 5. The number of likely N-dealkylation sites (N-methyl/N-ethyl adjacent to an activating group) is 1. The lowest BCUT2D eigenvalue weighted by molar-refractivity contribution is -0.111. The number of aromatic nitrogens is 2. The first-order valence-corrected chi connectivity index (χ1v) is 14.1. The molecule has 2 aliphatic heterocycles. The molecule has 5 rings (SSSR count). The Kier molecular flexibility index (Phi) is 7.51. The van der Waals surface area contributed by atoms with Gasteiger partial charge in [-0.1, -0.05) is 24.8 Å². The van der Waals surface area contributed by atoms with E-state index in [4.69, 9.17) is 0 Å². The highest BCUT2D eigenvalue weighted by Crippen LogP contribution is 2.32. The molecule has 204 valence electrons. The summed E-state index contributed by atoms with van der Waals surface area (Å²) in [6.07, 6.45) is 2.82. The van der Waals surface area contributed by atoms with Crippen LogP contribution in [0.4, 0.5) is 28.8 Å². The fraction of sp³-hybridized carbons (Fsp3) is 0.296. The maximum absolute atomic E-state index is 13.4. The first kappa shape index (κ1) is 26.6. The Morgan fingerprint density at radius 2 is 1.77 bits per heavy atom. The zero-order valence-corrected chi connectivity index (χ0v) is 22.9. The van der Waals surface area contributed by atoms with Gasteiger partial charge in [0.25, 0.3) is 0 Å². The summed E-state index contributed by atoms with van der Waals surface area (Å²) in [5.74, 6) is 0.272. The third kappa shape index (κ3) is 5.72. The third-order valence-corrected chi connectivity index (χ3v) is 8.73. The Morgan fingerprint density at radius 3 is 2.49 bits per heavy atom. The molecule has 1 amide bonds. The third-order valence-electron chi connectivity index (χ3n) is 6.96. The highest BCUT2D eigenvalue weighted by Gasteiger charge is 2.36. The second kappa shape index (κ2) is 11.0. The number of nitrogens with zero attached hydrogens (tertiary/aromatic N) is 6. The van der Waals surface area contributed by atoms with Gasteiger partial charge in [0.05, 0.1) is 0 Å². The maximum atomic E-state index is 13.4. The quantitative estimate of drug-likeness (QED) is 0.434. The number of hydrogen-bond acceptors (Lipinski definition) is 8. The van der Waals surface area contributed by atoms with E-state index in [0.29, 0.717) is 28.6 Å². The van der Waals surface area contributed by atoms with Gasteiger partial charge in [-0.25, -0.2) is 9.29 Å². The number of amides is 1. The van der Waals surface area contributed by atoms with Crippen molar-refractivity contribution in [2.24, 2.45) is 0 Å². The minimum Gasteiger partial charge on any atom is -0.369 e. The zero-order chi connectivity index (χ0) is 27.6. The molecule has 0 bridgehead atoms. The highest BCUT2D eigenvalue weighted by molar-refractivity contribution is 7.90. The standard InChI is InChI=1S/C27H32N8O3S/c1-4-25(36)30-24-8-6-5-7-20(24)18-35-19-21-17-28-27(31-26(21)33(3)39(35,37)38)29-22-9-11-23(12-10-22)34-15-13-32(2)14-16-34/h4-12,17H,1,13-16,18-19H2,2-3H3,(H,30,36)(H,28,29,31). The van der Waals surface area contributed by atoms with Crippen LogP contribution in [0.25, 0.3) is 0 Å². The predicted octanol–water partition coefficient (Wildman–Crippen LogP) is 2.79. The molecule has 1 aromatic heterocycles. The van der Waals surface area contributed by atoms with Crippen LogP contribution < -0.4 is 19.8 Å². The zero-order valence-electron chi connectivity index (χ0n) is 22.0. The van der Waals surface area contributed by atoms with Gasteiger partial charge in [-0.2, -0.15) is 17.7 Å². The number of hydrogen-bond donors (Lipinski definition) is 2. The number of carbonyl (C=O) groups is 1. The van der Waals surface area contributed by atoms with Gasteiger partial charge in [-0.05, 0) is 49.0 Å². The Morgan fingerprint density at radius 1 is 1.05 bits per heavy atom. The maximum Gasteiger partial charge on any atom is 0.305 e. The topological polar surface area (TPSA) is 114 Å². The lowest BCUT2D eigenvalue weighted by atomic mass is 10.1. The van der Waals surface area contributed by atoms with E-state index >= 15 is 0 Å². The van der Waals surface area contributed by atoms with Crippen molar-refractivity contribution in [1.29, 1.82) is 0 Å². The van der Waals surface area contributed by atoms with Crippen LogP contribution in [0.1, 0.15) is 11.1 Å². The summed E-state index contributed by atoms with van der Waals surface area (Å²) in [6, 6.07) is 15.2. The van der Waals surface area contributed by atoms with E-state index in [9.17, 15) is 13.2 Å². The van der Waals surface area contributed by atoms with Gasteiger partial charge in [-0.15, -0.1) is 0 Å². The minimum absolute atomic E-state index is 0.0688. The van der Waals surface area contributed by atoms with Crippen molar-refractivity contribution >= 4 is 44.9 Å². The summed E-state index contributed by atoms with van der Waals surface area (Å²) in [5.41, 5.74) is 3.84. The molecule has 39 heavy (non-hydrogen) atoms. The van der Waals surface area contributed by atoms with E-state index in [1.165, 1.54) is 21.7 Å². The van der Waals surface area contributed by atoms with E-state index in [1.54, 1.807) is 30.5 Å². The van der Waals surface area contributed by atoms with Crippen LogP contribution in [0.5, 0.6) is 0 Å². The number of carbonyl (C=O) groups excluding carboxylic acids is 1. The number of piperazine rings is 1. The molecule has 0 unspecified atom stereocenters. The number of benzene rings is 2. The first-order chi connectivity index (χ1) is 18.7. The summed E-state index contributed by atoms with van der Waals surface area (Å²) in [6.45, 7) is 7.70. The molecule has 1 fully saturated rings. The normalized spacial score (nSPS) is 17.4. The van der Waals surface area contributed by atoms with Gasteiger partial charge in [0.15, 0.2) is 5.82 Å². The lowest BCUT2D eigenvalue weighted by Crippen LogP contribution is -2.45. The molecule has 2 N–H and O–H groups in total. The molecule has 2 aliphatic rings. The van der Waals surface area contributed by atoms with E-state index < -0.39 is 10.2 Å². The minimum atomic E-state index is -3.87. The van der Waals surface area contributed by atoms with Crippen LogP contribution in [-0.4, -0.2) is 73.8 Å². The van der Waals surface area contributed by atoms with Gasteiger partial charge < -0.3 is 20.4 Å². The smallest absolute Gasteiger partial charge is 0.305 e. The predicted molar refractivity (Wildman–Crippen MR) is 153 cm³/mol. The number of rotatable bonds is 7. The average molecular weight is 549 g/mol. The molecule has 0 spiro atoms. The summed E-state index contributed by atoms with van der Waals surface area (Å²) >= 11 is 0. The molecule has 2 aromatic carbocycles. The second-order valence-electron chi connectivity index (χ2n) is 9.60. The molecular weight excluding hydrogens is 516 g/mol. The summed E-state index contributed by atoms with van der Waals surface area (Å²) in [4.78, 5) is 25.5. The van der Waals surface area contributed by atoms with Crippen molar-refractivity contribution in [3.63, 3.8) is 0 Å². The monoisotopic (exact) mass is 548 g/mol. The number of para-hydroxylation sites is 1. The van der Waals surface area contributed by atoms with Gasteiger partial charge in [0.1, 0.15) is 0 Å². The fourth-order valence-corrected chi connectivity index (χ4v) is 5.96. The van der Waals surface area contributed by atoms with Crippen LogP contribution in [-0.2, 0) is 28.1 Å². The van der Waals surface area contributed by atoms with E-state index in [-0.39, 0.29) is 19.0 Å². The van der Waals surface area contributed by atoms with Gasteiger partial charge in [0, 0.05) is 75.1 Å². The second-order valence-corrected chi connectivity index (χ2v) is 11.6. The molecule has 3 aromatic rings. The average Bonchev–Trinajstić information content (AvgIpc) is 2.94. The highest BCUT2D eigenvalue weighted by atomic mass is 32.2. The molecule has 0 aliphatic carbocycles. The molecule has 3 heterocycles. The van der Waals surface area contributed by atoms with Crippen LogP contribution in [0.2, 0.25) is 0 Å². The van der Waals surface area contributed by atoms with Crippen LogP contribution in [0, 0.1) is 0 Å². The van der Waals surface area contributed by atoms with Crippen molar-refractivity contribution in [2.75, 3.05) is 60.1 Å². The molecule has 12 heteroatoms. The van der Waals surface area contributed by atoms with Gasteiger partial charge >= 0.3 is 10.2 Å².